The van der Waals surface area contributed by atoms with Gasteiger partial charge in [-0.25, -0.2) is 0 Å². The molecule has 74 valence electrons. The van der Waals surface area contributed by atoms with Gasteiger partial charge in [-0.3, -0.25) is 0 Å². The molecule has 1 unspecified atom stereocenters. The van der Waals surface area contributed by atoms with Gasteiger partial charge in [-0.05, 0) is 27.6 Å². The highest BCUT2D eigenvalue weighted by atomic mass is 35.5. The van der Waals surface area contributed by atoms with Crippen LogP contribution in [0.15, 0.2) is 12.8 Å². The van der Waals surface area contributed by atoms with Crippen LogP contribution in [0.1, 0.15) is 19.8 Å². The lowest BCUT2D eigenvalue weighted by molar-refractivity contribution is 0.207. The molecule has 0 aromatic carbocycles. The molecule has 0 aliphatic rings. The second kappa shape index (κ2) is 10.8. The van der Waals surface area contributed by atoms with Crippen LogP contribution in [0.5, 0.6) is 0 Å². The molecule has 2 nitrogen and oxygen atoms in total. The zero-order chi connectivity index (χ0) is 9.98. The Morgan fingerprint density at radius 2 is 1.92 bits per heavy atom. The average molecular weight is 194 g/mol. The summed E-state index contributed by atoms with van der Waals surface area (Å²) in [5.74, 6) is 0. The molecule has 0 saturated heterocycles. The molecule has 0 bridgehead atoms. The molecule has 0 aliphatic carbocycles. The predicted molar refractivity (Wildman–Crippen MR) is 55.4 cm³/mol. The minimum absolute atomic E-state index is 0.183. The van der Waals surface area contributed by atoms with E-state index in [2.05, 4.69) is 13.5 Å². The Labute approximate surface area is 81.2 Å². The zero-order valence-corrected chi connectivity index (χ0v) is 9.27. The van der Waals surface area contributed by atoms with Crippen molar-refractivity contribution in [3.05, 3.63) is 12.8 Å². The van der Waals surface area contributed by atoms with E-state index in [-0.39, 0.29) is 5.56 Å². The third kappa shape index (κ3) is 22.6. The van der Waals surface area contributed by atoms with E-state index in [9.17, 15) is 0 Å². The van der Waals surface area contributed by atoms with Gasteiger partial charge >= 0.3 is 0 Å². The van der Waals surface area contributed by atoms with Gasteiger partial charge in [0.1, 0.15) is 0 Å². The van der Waals surface area contributed by atoms with Crippen molar-refractivity contribution in [2.24, 2.45) is 0 Å². The summed E-state index contributed by atoms with van der Waals surface area (Å²) < 4.78 is 4.81. The first-order chi connectivity index (χ1) is 5.54. The van der Waals surface area contributed by atoms with Gasteiger partial charge in [0.25, 0.3) is 0 Å². The van der Waals surface area contributed by atoms with Crippen molar-refractivity contribution in [3.8, 4) is 0 Å². The van der Waals surface area contributed by atoms with E-state index in [0.717, 1.165) is 12.8 Å². The topological polar surface area (TPSA) is 12.5 Å². The third-order valence-corrected chi connectivity index (χ3v) is 1.08. The van der Waals surface area contributed by atoms with Crippen molar-refractivity contribution in [2.45, 2.75) is 25.3 Å². The Kier molecular flexibility index (Phi) is 12.9. The maximum absolute atomic E-state index is 5.59. The first-order valence-electron chi connectivity index (χ1n) is 4.05. The van der Waals surface area contributed by atoms with Crippen LogP contribution >= 0.6 is 11.6 Å². The van der Waals surface area contributed by atoms with Crippen LogP contribution in [0, 0.1) is 0 Å². The number of hydrogen-bond acceptors (Lipinski definition) is 2. The lowest BCUT2D eigenvalue weighted by Crippen LogP contribution is -1.99. The Morgan fingerprint density at radius 3 is 2.17 bits per heavy atom. The van der Waals surface area contributed by atoms with Crippen LogP contribution in [0.2, 0.25) is 0 Å². The van der Waals surface area contributed by atoms with Gasteiger partial charge in [-0.1, -0.05) is 31.5 Å². The highest BCUT2D eigenvalue weighted by Crippen LogP contribution is 2.05. The molecule has 0 rings (SSSR count). The predicted octanol–water partition coefficient (Wildman–Crippen LogP) is 2.69. The van der Waals surface area contributed by atoms with Gasteiger partial charge in [0.15, 0.2) is 5.56 Å². The summed E-state index contributed by atoms with van der Waals surface area (Å²) in [5.41, 5.74) is -0.183. The first-order valence-corrected chi connectivity index (χ1v) is 4.49. The molecule has 0 spiro atoms. The van der Waals surface area contributed by atoms with E-state index in [1.54, 1.807) is 0 Å². The van der Waals surface area contributed by atoms with Gasteiger partial charge < -0.3 is 9.64 Å². The average Bonchev–Trinajstić information content (AvgIpc) is 1.87. The number of halogens is 1. The second-order valence-electron chi connectivity index (χ2n) is 2.84. The Bertz CT molecular complexity index is 93.8. The number of alkyl halides is 1. The van der Waals surface area contributed by atoms with Crippen LogP contribution in [-0.4, -0.2) is 31.6 Å². The fourth-order valence-electron chi connectivity index (χ4n) is 0.399. The van der Waals surface area contributed by atoms with Crippen molar-refractivity contribution in [1.82, 2.24) is 4.90 Å². The molecule has 0 N–H and O–H groups in total. The number of ether oxygens (including phenoxy) is 1. The molecule has 1 atom stereocenters. The molecule has 3 heteroatoms. The summed E-state index contributed by atoms with van der Waals surface area (Å²) in [4.78, 5) is 2.00. The minimum atomic E-state index is -0.183. The van der Waals surface area contributed by atoms with Gasteiger partial charge in [-0.2, -0.15) is 0 Å². The maximum atomic E-state index is 5.59. The monoisotopic (exact) mass is 193 g/mol. The molecule has 0 heterocycles. The molecule has 0 aromatic heterocycles. The van der Waals surface area contributed by atoms with Crippen molar-refractivity contribution >= 4 is 11.6 Å². The Hall–Kier alpha value is -0.210. The fraction of sp³-hybridized carbons (Fsp3) is 0.778. The van der Waals surface area contributed by atoms with E-state index in [1.807, 2.05) is 26.0 Å². The third-order valence-electron chi connectivity index (χ3n) is 0.760. The lowest BCUT2D eigenvalue weighted by atomic mass is 10.4. The standard InChI is InChI=1S/C6H11ClO.C3H9N/c1-3-5-6(7)8-4-2;1-4(2)3/h4,6H,2-3,5H2,1H3;1-3H3. The molecular weight excluding hydrogens is 174 g/mol. The van der Waals surface area contributed by atoms with Crippen LogP contribution < -0.4 is 0 Å². The van der Waals surface area contributed by atoms with E-state index in [0.29, 0.717) is 0 Å². The van der Waals surface area contributed by atoms with E-state index in [4.69, 9.17) is 16.3 Å². The SMILES string of the molecule is C=COC(Cl)CCC.CN(C)C. The lowest BCUT2D eigenvalue weighted by Gasteiger charge is -2.04. The van der Waals surface area contributed by atoms with E-state index >= 15 is 0 Å². The summed E-state index contributed by atoms with van der Waals surface area (Å²) in [7, 11) is 6.00. The highest BCUT2D eigenvalue weighted by molar-refractivity contribution is 6.19. The maximum Gasteiger partial charge on any atom is 0.171 e. The summed E-state index contributed by atoms with van der Waals surface area (Å²) in [6, 6.07) is 0. The van der Waals surface area contributed by atoms with Crippen molar-refractivity contribution in [1.29, 1.82) is 0 Å². The Balaban J connectivity index is 0. The molecule has 0 fully saturated rings. The summed E-state index contributed by atoms with van der Waals surface area (Å²) in [6.45, 7) is 5.43. The van der Waals surface area contributed by atoms with Crippen molar-refractivity contribution in [3.63, 3.8) is 0 Å². The van der Waals surface area contributed by atoms with Crippen LogP contribution in [-0.2, 0) is 4.74 Å². The van der Waals surface area contributed by atoms with Gasteiger partial charge in [0, 0.05) is 0 Å². The van der Waals surface area contributed by atoms with Gasteiger partial charge in [0.05, 0.1) is 6.26 Å². The second-order valence-corrected chi connectivity index (χ2v) is 3.33. The molecule has 0 radical (unpaired) electrons. The van der Waals surface area contributed by atoms with Crippen molar-refractivity contribution < 1.29 is 4.74 Å². The molecule has 0 aliphatic heterocycles. The van der Waals surface area contributed by atoms with E-state index in [1.165, 1.54) is 6.26 Å². The summed E-state index contributed by atoms with van der Waals surface area (Å²) in [5, 5.41) is 0. The summed E-state index contributed by atoms with van der Waals surface area (Å²) in [6.07, 6.45) is 3.29. The normalized spacial score (nSPS) is 11.5. The smallest absolute Gasteiger partial charge is 0.171 e. The van der Waals surface area contributed by atoms with Crippen LogP contribution in [0.25, 0.3) is 0 Å². The van der Waals surface area contributed by atoms with Crippen LogP contribution in [0.4, 0.5) is 0 Å². The number of hydrogen-bond donors (Lipinski definition) is 0. The molecular formula is C9H20ClNO. The first kappa shape index (κ1) is 14.3. The Morgan fingerprint density at radius 1 is 1.50 bits per heavy atom. The minimum Gasteiger partial charge on any atom is -0.483 e. The molecule has 0 amide bonds. The fourth-order valence-corrected chi connectivity index (χ4v) is 0.690. The number of rotatable bonds is 4. The van der Waals surface area contributed by atoms with Gasteiger partial charge in [0.2, 0.25) is 0 Å². The molecule has 0 saturated carbocycles. The largest absolute Gasteiger partial charge is 0.483 e. The van der Waals surface area contributed by atoms with Gasteiger partial charge in [-0.15, -0.1) is 0 Å². The quantitative estimate of drug-likeness (QED) is 0.503. The van der Waals surface area contributed by atoms with Crippen LogP contribution in [0.3, 0.4) is 0 Å². The summed E-state index contributed by atoms with van der Waals surface area (Å²) >= 11 is 5.59. The molecule has 12 heavy (non-hydrogen) atoms. The highest BCUT2D eigenvalue weighted by Gasteiger charge is 1.97. The number of nitrogens with zero attached hydrogens (tertiary/aromatic N) is 1. The van der Waals surface area contributed by atoms with Crippen molar-refractivity contribution in [2.75, 3.05) is 21.1 Å². The molecule has 0 aromatic rings. The zero-order valence-electron chi connectivity index (χ0n) is 8.51. The van der Waals surface area contributed by atoms with E-state index < -0.39 is 0 Å².